The fourth-order valence-electron chi connectivity index (χ4n) is 3.53. The van der Waals surface area contributed by atoms with Gasteiger partial charge in [-0.3, -0.25) is 14.6 Å². The lowest BCUT2D eigenvalue weighted by Gasteiger charge is -2.36. The average Bonchev–Trinajstić information content (AvgIpc) is 3.47. The second-order valence-corrected chi connectivity index (χ2v) is 7.14. The number of rotatable bonds is 6. The Hall–Kier alpha value is -1.95. The number of likely N-dealkylation sites (N-methyl/N-ethyl adjacent to an activating group) is 2. The zero-order chi connectivity index (χ0) is 17.9. The van der Waals surface area contributed by atoms with Crippen molar-refractivity contribution in [3.8, 4) is 0 Å². The van der Waals surface area contributed by atoms with Crippen LogP contribution in [0.2, 0.25) is 0 Å². The van der Waals surface area contributed by atoms with Gasteiger partial charge in [0.1, 0.15) is 5.41 Å². The molecule has 136 valence electrons. The molecule has 1 aromatic heterocycles. The molecule has 0 aromatic carbocycles. The number of amides is 2. The summed E-state index contributed by atoms with van der Waals surface area (Å²) in [5.41, 5.74) is 0.378. The predicted octanol–water partition coefficient (Wildman–Crippen LogP) is 1.03. The molecule has 3 rings (SSSR count). The Labute approximate surface area is 149 Å². The number of hydrogen-bond donors (Lipinski definition) is 0. The van der Waals surface area contributed by atoms with Crippen molar-refractivity contribution in [1.29, 1.82) is 0 Å². The zero-order valence-electron chi connectivity index (χ0n) is 15.3. The molecule has 1 aliphatic heterocycles. The van der Waals surface area contributed by atoms with Crippen LogP contribution in [0.25, 0.3) is 0 Å². The van der Waals surface area contributed by atoms with Crippen LogP contribution in [0.5, 0.6) is 0 Å². The van der Waals surface area contributed by atoms with E-state index in [-0.39, 0.29) is 11.8 Å². The highest BCUT2D eigenvalue weighted by Gasteiger charge is 2.59. The van der Waals surface area contributed by atoms with Crippen LogP contribution >= 0.6 is 0 Å². The van der Waals surface area contributed by atoms with Gasteiger partial charge < -0.3 is 14.7 Å². The van der Waals surface area contributed by atoms with Crippen LogP contribution in [0.3, 0.4) is 0 Å². The van der Waals surface area contributed by atoms with E-state index in [2.05, 4.69) is 16.8 Å². The molecular formula is C19H28N4O2. The minimum atomic E-state index is -0.776. The van der Waals surface area contributed by atoms with Crippen molar-refractivity contribution >= 4 is 11.8 Å². The van der Waals surface area contributed by atoms with Crippen molar-refractivity contribution in [2.24, 2.45) is 5.41 Å². The first-order valence-electron chi connectivity index (χ1n) is 9.23. The Kier molecular flexibility index (Phi) is 5.37. The Morgan fingerprint density at radius 1 is 1.16 bits per heavy atom. The zero-order valence-corrected chi connectivity index (χ0v) is 15.3. The van der Waals surface area contributed by atoms with Crippen molar-refractivity contribution in [1.82, 2.24) is 19.7 Å². The smallest absolute Gasteiger partial charge is 0.238 e. The molecule has 0 unspecified atom stereocenters. The van der Waals surface area contributed by atoms with Crippen LogP contribution in [0.4, 0.5) is 0 Å². The highest BCUT2D eigenvalue weighted by atomic mass is 16.2. The summed E-state index contributed by atoms with van der Waals surface area (Å²) in [5, 5.41) is 0. The fourth-order valence-corrected chi connectivity index (χ4v) is 3.53. The fraction of sp³-hybridized carbons (Fsp3) is 0.632. The first-order chi connectivity index (χ1) is 12.1. The molecule has 2 heterocycles. The SMILES string of the molecule is CCN1CCN(C(=O)C2(C(=O)N(C)CCc3ccncc3)CC2)CC1. The lowest BCUT2D eigenvalue weighted by Crippen LogP contribution is -2.53. The number of nitrogens with zero attached hydrogens (tertiary/aromatic N) is 4. The lowest BCUT2D eigenvalue weighted by atomic mass is 10.0. The number of pyridine rings is 1. The van der Waals surface area contributed by atoms with E-state index in [1.807, 2.05) is 24.1 Å². The van der Waals surface area contributed by atoms with Crippen LogP contribution in [-0.2, 0) is 16.0 Å². The summed E-state index contributed by atoms with van der Waals surface area (Å²) in [5.74, 6) is 0.0356. The summed E-state index contributed by atoms with van der Waals surface area (Å²) in [4.78, 5) is 35.8. The van der Waals surface area contributed by atoms with Gasteiger partial charge in [0.15, 0.2) is 0 Å². The summed E-state index contributed by atoms with van der Waals surface area (Å²) >= 11 is 0. The molecule has 0 radical (unpaired) electrons. The second kappa shape index (κ2) is 7.52. The maximum absolute atomic E-state index is 12.9. The molecular weight excluding hydrogens is 316 g/mol. The molecule has 2 fully saturated rings. The van der Waals surface area contributed by atoms with Crippen molar-refractivity contribution in [3.63, 3.8) is 0 Å². The van der Waals surface area contributed by atoms with Crippen LogP contribution < -0.4 is 0 Å². The molecule has 6 heteroatoms. The first kappa shape index (κ1) is 17.9. The van der Waals surface area contributed by atoms with E-state index in [1.165, 1.54) is 0 Å². The molecule has 0 N–H and O–H groups in total. The van der Waals surface area contributed by atoms with E-state index < -0.39 is 5.41 Å². The minimum Gasteiger partial charge on any atom is -0.344 e. The Morgan fingerprint density at radius 2 is 1.80 bits per heavy atom. The second-order valence-electron chi connectivity index (χ2n) is 7.14. The van der Waals surface area contributed by atoms with Crippen molar-refractivity contribution in [3.05, 3.63) is 30.1 Å². The summed E-state index contributed by atoms with van der Waals surface area (Å²) in [7, 11) is 1.81. The van der Waals surface area contributed by atoms with E-state index in [0.717, 1.165) is 44.7 Å². The van der Waals surface area contributed by atoms with Crippen molar-refractivity contribution in [2.75, 3.05) is 46.3 Å². The standard InChI is InChI=1S/C19H28N4O2/c1-3-22-12-14-23(15-13-22)18(25)19(7-8-19)17(24)21(2)11-6-16-4-9-20-10-5-16/h4-5,9-10H,3,6-8,11-15H2,1-2H3. The molecule has 0 atom stereocenters. The quantitative estimate of drug-likeness (QED) is 0.723. The van der Waals surface area contributed by atoms with Gasteiger partial charge in [-0.15, -0.1) is 0 Å². The van der Waals surface area contributed by atoms with Gasteiger partial charge in [-0.1, -0.05) is 6.92 Å². The highest BCUT2D eigenvalue weighted by Crippen LogP contribution is 2.48. The van der Waals surface area contributed by atoms with Gasteiger partial charge >= 0.3 is 0 Å². The van der Waals surface area contributed by atoms with Gasteiger partial charge in [0, 0.05) is 52.2 Å². The van der Waals surface area contributed by atoms with Gasteiger partial charge in [-0.25, -0.2) is 0 Å². The van der Waals surface area contributed by atoms with Crippen molar-refractivity contribution < 1.29 is 9.59 Å². The number of hydrogen-bond acceptors (Lipinski definition) is 4. The monoisotopic (exact) mass is 344 g/mol. The number of piperazine rings is 1. The largest absolute Gasteiger partial charge is 0.344 e. The molecule has 6 nitrogen and oxygen atoms in total. The first-order valence-corrected chi connectivity index (χ1v) is 9.23. The molecule has 2 amide bonds. The molecule has 1 aliphatic carbocycles. The third-order valence-corrected chi connectivity index (χ3v) is 5.51. The van der Waals surface area contributed by atoms with Crippen molar-refractivity contribution in [2.45, 2.75) is 26.2 Å². The Morgan fingerprint density at radius 3 is 2.36 bits per heavy atom. The van der Waals surface area contributed by atoms with Crippen LogP contribution in [-0.4, -0.2) is 77.8 Å². The summed E-state index contributed by atoms with van der Waals surface area (Å²) in [6.45, 7) is 7.08. The molecule has 0 spiro atoms. The molecule has 1 aromatic rings. The van der Waals surface area contributed by atoms with Gasteiger partial charge in [0.05, 0.1) is 0 Å². The normalized spacial score (nSPS) is 19.5. The molecule has 2 aliphatic rings. The summed E-state index contributed by atoms with van der Waals surface area (Å²) in [6.07, 6.45) is 5.69. The van der Waals surface area contributed by atoms with E-state index in [0.29, 0.717) is 19.4 Å². The minimum absolute atomic E-state index is 0.00974. The lowest BCUT2D eigenvalue weighted by molar-refractivity contribution is -0.149. The topological polar surface area (TPSA) is 56.8 Å². The van der Waals surface area contributed by atoms with E-state index in [4.69, 9.17) is 0 Å². The Bertz CT molecular complexity index is 607. The highest BCUT2D eigenvalue weighted by molar-refractivity contribution is 6.07. The Balaban J connectivity index is 1.56. The van der Waals surface area contributed by atoms with E-state index in [1.54, 1.807) is 17.3 Å². The molecule has 1 saturated heterocycles. The van der Waals surface area contributed by atoms with Crippen LogP contribution in [0.1, 0.15) is 25.3 Å². The molecule has 1 saturated carbocycles. The van der Waals surface area contributed by atoms with Gasteiger partial charge in [0.2, 0.25) is 11.8 Å². The van der Waals surface area contributed by atoms with E-state index in [9.17, 15) is 9.59 Å². The van der Waals surface area contributed by atoms with Gasteiger partial charge in [-0.05, 0) is 43.5 Å². The third kappa shape index (κ3) is 3.84. The molecule has 25 heavy (non-hydrogen) atoms. The predicted molar refractivity (Wildman–Crippen MR) is 95.9 cm³/mol. The summed E-state index contributed by atoms with van der Waals surface area (Å²) in [6, 6.07) is 3.92. The number of aromatic nitrogens is 1. The van der Waals surface area contributed by atoms with E-state index >= 15 is 0 Å². The van der Waals surface area contributed by atoms with Gasteiger partial charge in [0.25, 0.3) is 0 Å². The maximum Gasteiger partial charge on any atom is 0.238 e. The maximum atomic E-state index is 12.9. The summed E-state index contributed by atoms with van der Waals surface area (Å²) < 4.78 is 0. The third-order valence-electron chi connectivity index (χ3n) is 5.51. The van der Waals surface area contributed by atoms with Crippen LogP contribution in [0, 0.1) is 5.41 Å². The molecule has 0 bridgehead atoms. The van der Waals surface area contributed by atoms with Crippen LogP contribution in [0.15, 0.2) is 24.5 Å². The number of carbonyl (C=O) groups is 2. The average molecular weight is 344 g/mol. The van der Waals surface area contributed by atoms with Gasteiger partial charge in [-0.2, -0.15) is 0 Å². The number of carbonyl (C=O) groups excluding carboxylic acids is 2.